The predicted molar refractivity (Wildman–Crippen MR) is 116 cm³/mol. The summed E-state index contributed by atoms with van der Waals surface area (Å²) in [6.45, 7) is 4.94. The van der Waals surface area contributed by atoms with Crippen LogP contribution < -0.4 is 15.3 Å². The molecule has 5 heterocycles. The molecule has 31 heavy (non-hydrogen) atoms. The molecule has 0 N–H and O–H groups in total. The van der Waals surface area contributed by atoms with E-state index in [-0.39, 0.29) is 17.5 Å². The zero-order chi connectivity index (χ0) is 21.5. The standard InChI is InChI=1S/C22H26N6O3/c1-15-13-28(17-6-9-27-19(11-17)24-25(2)22(27)30)20-18(31-14-15)10-16(12-23-20)21(29)26-7-4-3-5-8-26/h6,9-12,15H,3-5,7-8,13-14H2,1-2H3/t15-/m1/s1. The molecule has 2 aliphatic rings. The van der Waals surface area contributed by atoms with Crippen LogP contribution in [0.15, 0.2) is 35.4 Å². The fourth-order valence-electron chi connectivity index (χ4n) is 4.29. The second-order valence-electron chi connectivity index (χ2n) is 8.44. The van der Waals surface area contributed by atoms with Crippen LogP contribution in [0.3, 0.4) is 0 Å². The van der Waals surface area contributed by atoms with Crippen molar-refractivity contribution in [3.8, 4) is 5.75 Å². The van der Waals surface area contributed by atoms with E-state index in [4.69, 9.17) is 4.74 Å². The van der Waals surface area contributed by atoms with Gasteiger partial charge in [0.25, 0.3) is 5.91 Å². The van der Waals surface area contributed by atoms with Crippen molar-refractivity contribution in [3.63, 3.8) is 0 Å². The molecule has 1 saturated heterocycles. The summed E-state index contributed by atoms with van der Waals surface area (Å²) in [6.07, 6.45) is 6.64. The highest BCUT2D eigenvalue weighted by molar-refractivity contribution is 5.95. The third-order valence-electron chi connectivity index (χ3n) is 5.96. The lowest BCUT2D eigenvalue weighted by atomic mass is 10.1. The van der Waals surface area contributed by atoms with Crippen LogP contribution in [-0.2, 0) is 7.05 Å². The Morgan fingerprint density at radius 1 is 1.19 bits per heavy atom. The Labute approximate surface area is 179 Å². The van der Waals surface area contributed by atoms with E-state index >= 15 is 0 Å². The summed E-state index contributed by atoms with van der Waals surface area (Å²) in [4.78, 5) is 33.7. The Morgan fingerprint density at radius 2 is 2.00 bits per heavy atom. The van der Waals surface area contributed by atoms with Gasteiger partial charge < -0.3 is 14.5 Å². The van der Waals surface area contributed by atoms with Gasteiger partial charge in [0.05, 0.1) is 12.2 Å². The number of nitrogens with zero attached hydrogens (tertiary/aromatic N) is 6. The molecular weight excluding hydrogens is 396 g/mol. The zero-order valence-electron chi connectivity index (χ0n) is 17.8. The first-order chi connectivity index (χ1) is 15.0. The molecule has 1 amide bonds. The Balaban J connectivity index is 1.52. The molecule has 2 aliphatic heterocycles. The van der Waals surface area contributed by atoms with Crippen LogP contribution >= 0.6 is 0 Å². The predicted octanol–water partition coefficient (Wildman–Crippen LogP) is 2.22. The molecule has 3 aromatic heterocycles. The number of amides is 1. The van der Waals surface area contributed by atoms with Crippen molar-refractivity contribution in [2.45, 2.75) is 26.2 Å². The molecule has 0 unspecified atom stereocenters. The highest BCUT2D eigenvalue weighted by atomic mass is 16.5. The van der Waals surface area contributed by atoms with Gasteiger partial charge in [0.15, 0.2) is 17.2 Å². The number of hydrogen-bond donors (Lipinski definition) is 0. The van der Waals surface area contributed by atoms with E-state index in [0.29, 0.717) is 35.9 Å². The van der Waals surface area contributed by atoms with Gasteiger partial charge in [0, 0.05) is 56.7 Å². The topological polar surface area (TPSA) is 85.0 Å². The minimum Gasteiger partial charge on any atom is -0.489 e. The summed E-state index contributed by atoms with van der Waals surface area (Å²) in [5.74, 6) is 1.53. The van der Waals surface area contributed by atoms with E-state index in [2.05, 4.69) is 21.9 Å². The van der Waals surface area contributed by atoms with Gasteiger partial charge in [0.2, 0.25) is 0 Å². The summed E-state index contributed by atoms with van der Waals surface area (Å²) in [5, 5.41) is 4.29. The normalized spacial score (nSPS) is 19.1. The van der Waals surface area contributed by atoms with Crippen LogP contribution in [0.5, 0.6) is 5.75 Å². The van der Waals surface area contributed by atoms with Gasteiger partial charge in [-0.15, -0.1) is 0 Å². The minimum absolute atomic E-state index is 0.0109. The van der Waals surface area contributed by atoms with Gasteiger partial charge in [-0.25, -0.2) is 14.5 Å². The van der Waals surface area contributed by atoms with Crippen molar-refractivity contribution in [3.05, 3.63) is 46.6 Å². The number of carbonyl (C=O) groups is 1. The fraction of sp³-hybridized carbons (Fsp3) is 0.455. The van der Waals surface area contributed by atoms with Crippen LogP contribution in [0, 0.1) is 5.92 Å². The number of anilines is 2. The quantitative estimate of drug-likeness (QED) is 0.630. The summed E-state index contributed by atoms with van der Waals surface area (Å²) in [7, 11) is 1.63. The average Bonchev–Trinajstić information content (AvgIpc) is 2.97. The molecule has 0 bridgehead atoms. The van der Waals surface area contributed by atoms with Crippen molar-refractivity contribution in [1.29, 1.82) is 0 Å². The number of aryl methyl sites for hydroxylation is 1. The van der Waals surface area contributed by atoms with Crippen molar-refractivity contribution >= 4 is 23.1 Å². The van der Waals surface area contributed by atoms with Gasteiger partial charge >= 0.3 is 5.69 Å². The van der Waals surface area contributed by atoms with E-state index in [1.807, 2.05) is 23.1 Å². The lowest BCUT2D eigenvalue weighted by molar-refractivity contribution is 0.0723. The number of fused-ring (bicyclic) bond motifs is 2. The molecule has 1 atom stereocenters. The molecule has 3 aromatic rings. The highest BCUT2D eigenvalue weighted by Crippen LogP contribution is 2.36. The Bertz CT molecular complexity index is 1190. The summed E-state index contributed by atoms with van der Waals surface area (Å²) < 4.78 is 8.88. The van der Waals surface area contributed by atoms with Gasteiger partial charge in [-0.05, 0) is 31.4 Å². The third kappa shape index (κ3) is 3.54. The van der Waals surface area contributed by atoms with Crippen LogP contribution in [0.1, 0.15) is 36.5 Å². The summed E-state index contributed by atoms with van der Waals surface area (Å²) in [5.41, 5.74) is 1.82. The molecule has 162 valence electrons. The number of hydrogen-bond acceptors (Lipinski definition) is 6. The Kier molecular flexibility index (Phi) is 4.88. The van der Waals surface area contributed by atoms with E-state index in [1.165, 1.54) is 15.5 Å². The van der Waals surface area contributed by atoms with Gasteiger partial charge in [-0.2, -0.15) is 5.10 Å². The van der Waals surface area contributed by atoms with Crippen molar-refractivity contribution in [1.82, 2.24) is 24.1 Å². The first kappa shape index (κ1) is 19.6. The maximum atomic E-state index is 12.9. The molecule has 0 saturated carbocycles. The first-order valence-electron chi connectivity index (χ1n) is 10.8. The molecule has 9 nitrogen and oxygen atoms in total. The smallest absolute Gasteiger partial charge is 0.350 e. The lowest BCUT2D eigenvalue weighted by Crippen LogP contribution is -2.35. The maximum absolute atomic E-state index is 12.9. The molecule has 5 rings (SSSR count). The molecule has 0 aliphatic carbocycles. The molecule has 1 fully saturated rings. The lowest BCUT2D eigenvalue weighted by Gasteiger charge is -2.27. The van der Waals surface area contributed by atoms with Crippen molar-refractivity contribution in [2.75, 3.05) is 31.1 Å². The Morgan fingerprint density at radius 3 is 2.81 bits per heavy atom. The second kappa shape index (κ2) is 7.72. The Hall–Kier alpha value is -3.36. The minimum atomic E-state index is -0.187. The maximum Gasteiger partial charge on any atom is 0.350 e. The molecule has 0 aromatic carbocycles. The third-order valence-corrected chi connectivity index (χ3v) is 5.96. The second-order valence-corrected chi connectivity index (χ2v) is 8.44. The number of piperidine rings is 1. The van der Waals surface area contributed by atoms with Crippen molar-refractivity contribution in [2.24, 2.45) is 13.0 Å². The van der Waals surface area contributed by atoms with E-state index in [1.54, 1.807) is 19.4 Å². The van der Waals surface area contributed by atoms with Gasteiger partial charge in [-0.3, -0.25) is 9.20 Å². The van der Waals surface area contributed by atoms with E-state index in [0.717, 1.165) is 31.6 Å². The van der Waals surface area contributed by atoms with Crippen molar-refractivity contribution < 1.29 is 9.53 Å². The van der Waals surface area contributed by atoms with Crippen LogP contribution in [0.25, 0.3) is 5.65 Å². The molecule has 0 spiro atoms. The number of pyridine rings is 2. The number of carbonyl (C=O) groups excluding carboxylic acids is 1. The SMILES string of the molecule is C[C@H]1COc2cc(C(=O)N3CCCCC3)cnc2N(c2ccn3c(=O)n(C)nc3c2)C1. The largest absolute Gasteiger partial charge is 0.489 e. The van der Waals surface area contributed by atoms with Crippen LogP contribution in [-0.4, -0.2) is 56.2 Å². The monoisotopic (exact) mass is 422 g/mol. The van der Waals surface area contributed by atoms with E-state index < -0.39 is 0 Å². The number of likely N-dealkylation sites (tertiary alicyclic amines) is 1. The molecule has 0 radical (unpaired) electrons. The molecular formula is C22H26N6O3. The van der Waals surface area contributed by atoms with Crippen LogP contribution in [0.2, 0.25) is 0 Å². The number of rotatable bonds is 2. The molecule has 9 heteroatoms. The summed E-state index contributed by atoms with van der Waals surface area (Å²) >= 11 is 0. The van der Waals surface area contributed by atoms with Gasteiger partial charge in [0.1, 0.15) is 0 Å². The summed E-state index contributed by atoms with van der Waals surface area (Å²) in [6, 6.07) is 5.57. The highest BCUT2D eigenvalue weighted by Gasteiger charge is 2.26. The van der Waals surface area contributed by atoms with E-state index in [9.17, 15) is 9.59 Å². The zero-order valence-corrected chi connectivity index (χ0v) is 17.8. The number of aromatic nitrogens is 4. The van der Waals surface area contributed by atoms with Gasteiger partial charge in [-0.1, -0.05) is 6.92 Å². The average molecular weight is 422 g/mol. The first-order valence-corrected chi connectivity index (χ1v) is 10.8. The van der Waals surface area contributed by atoms with Crippen LogP contribution in [0.4, 0.5) is 11.5 Å². The fourth-order valence-corrected chi connectivity index (χ4v) is 4.29. The number of ether oxygens (including phenoxy) is 1.